The van der Waals surface area contributed by atoms with Crippen LogP contribution in [0.25, 0.3) is 16.7 Å². The normalized spacial score (nSPS) is 10.9. The summed E-state index contributed by atoms with van der Waals surface area (Å²) in [5.74, 6) is 0.452. The van der Waals surface area contributed by atoms with Gasteiger partial charge in [-0.2, -0.15) is 4.80 Å². The van der Waals surface area contributed by atoms with Gasteiger partial charge in [-0.25, -0.2) is 0 Å². The van der Waals surface area contributed by atoms with Crippen LogP contribution >= 0.6 is 0 Å². The van der Waals surface area contributed by atoms with Crippen LogP contribution in [-0.2, 0) is 4.79 Å². The number of hydrogen-bond acceptors (Lipinski definition) is 4. The van der Waals surface area contributed by atoms with Crippen LogP contribution in [0.3, 0.4) is 0 Å². The maximum absolute atomic E-state index is 12.3. The molecule has 0 saturated carbocycles. The summed E-state index contributed by atoms with van der Waals surface area (Å²) in [6.45, 7) is 5.89. The van der Waals surface area contributed by atoms with Crippen molar-refractivity contribution in [3.8, 4) is 11.4 Å². The lowest BCUT2D eigenvalue weighted by Gasteiger charge is -2.10. The van der Waals surface area contributed by atoms with E-state index in [1.54, 1.807) is 4.80 Å². The third-order valence-corrected chi connectivity index (χ3v) is 4.62. The molecule has 1 heterocycles. The Balaban J connectivity index is 1.50. The van der Waals surface area contributed by atoms with E-state index in [4.69, 9.17) is 4.74 Å². The van der Waals surface area contributed by atoms with Gasteiger partial charge in [-0.3, -0.25) is 4.79 Å². The second kappa shape index (κ2) is 7.75. The molecule has 0 aliphatic heterocycles. The van der Waals surface area contributed by atoms with E-state index in [1.165, 1.54) is 5.56 Å². The fourth-order valence-electron chi connectivity index (χ4n) is 3.04. The van der Waals surface area contributed by atoms with Crippen molar-refractivity contribution < 1.29 is 9.53 Å². The lowest BCUT2D eigenvalue weighted by atomic mass is 10.1. The molecule has 4 aromatic rings. The number of rotatable bonds is 5. The average molecular weight is 386 g/mol. The topological polar surface area (TPSA) is 69.0 Å². The number of amides is 1. The van der Waals surface area contributed by atoms with Crippen LogP contribution < -0.4 is 10.1 Å². The van der Waals surface area contributed by atoms with E-state index in [1.807, 2.05) is 81.4 Å². The number of aromatic nitrogens is 3. The van der Waals surface area contributed by atoms with Gasteiger partial charge in [0.1, 0.15) is 16.8 Å². The number of carbonyl (C=O) groups excluding carboxylic acids is 1. The van der Waals surface area contributed by atoms with Gasteiger partial charge in [-0.15, -0.1) is 10.2 Å². The third kappa shape index (κ3) is 4.27. The first-order valence-corrected chi connectivity index (χ1v) is 9.42. The van der Waals surface area contributed by atoms with Crippen molar-refractivity contribution in [2.75, 3.05) is 11.9 Å². The first-order valence-electron chi connectivity index (χ1n) is 9.42. The molecule has 0 aliphatic rings. The van der Waals surface area contributed by atoms with Gasteiger partial charge >= 0.3 is 0 Å². The molecule has 1 N–H and O–H groups in total. The zero-order valence-corrected chi connectivity index (χ0v) is 16.6. The average Bonchev–Trinajstić information content (AvgIpc) is 3.10. The van der Waals surface area contributed by atoms with Crippen molar-refractivity contribution in [3.05, 3.63) is 77.4 Å². The van der Waals surface area contributed by atoms with E-state index in [0.717, 1.165) is 22.3 Å². The molecule has 0 fully saturated rings. The van der Waals surface area contributed by atoms with Gasteiger partial charge in [0, 0.05) is 5.69 Å². The SMILES string of the molecule is Cc1ccc(-n2nc3cc(C)c(NC(=O)COc4cccc(C)c4)cc3n2)cc1. The third-order valence-electron chi connectivity index (χ3n) is 4.62. The van der Waals surface area contributed by atoms with Gasteiger partial charge in [0.2, 0.25) is 0 Å². The first-order chi connectivity index (χ1) is 14.0. The molecule has 6 nitrogen and oxygen atoms in total. The zero-order chi connectivity index (χ0) is 20.4. The Labute approximate surface area is 169 Å². The largest absolute Gasteiger partial charge is 0.484 e. The number of benzene rings is 3. The van der Waals surface area contributed by atoms with Crippen LogP contribution in [0.4, 0.5) is 5.69 Å². The van der Waals surface area contributed by atoms with E-state index in [2.05, 4.69) is 15.5 Å². The van der Waals surface area contributed by atoms with Gasteiger partial charge in [-0.05, 0) is 68.3 Å². The highest BCUT2D eigenvalue weighted by Crippen LogP contribution is 2.22. The van der Waals surface area contributed by atoms with Crippen molar-refractivity contribution in [1.29, 1.82) is 0 Å². The predicted octanol–water partition coefficient (Wildman–Crippen LogP) is 4.36. The summed E-state index contributed by atoms with van der Waals surface area (Å²) in [4.78, 5) is 13.9. The van der Waals surface area contributed by atoms with Crippen LogP contribution in [0, 0.1) is 20.8 Å². The minimum Gasteiger partial charge on any atom is -0.484 e. The molecule has 1 aromatic heterocycles. The van der Waals surface area contributed by atoms with E-state index in [0.29, 0.717) is 17.0 Å². The Morgan fingerprint density at radius 1 is 0.931 bits per heavy atom. The highest BCUT2D eigenvalue weighted by Gasteiger charge is 2.11. The maximum atomic E-state index is 12.3. The van der Waals surface area contributed by atoms with Crippen molar-refractivity contribution in [3.63, 3.8) is 0 Å². The van der Waals surface area contributed by atoms with Gasteiger partial charge in [0.15, 0.2) is 6.61 Å². The Morgan fingerprint density at radius 3 is 2.38 bits per heavy atom. The number of anilines is 1. The van der Waals surface area contributed by atoms with Gasteiger partial charge in [0.25, 0.3) is 5.91 Å². The number of nitrogens with zero attached hydrogens (tertiary/aromatic N) is 3. The maximum Gasteiger partial charge on any atom is 0.262 e. The summed E-state index contributed by atoms with van der Waals surface area (Å²) in [6.07, 6.45) is 0. The minimum absolute atomic E-state index is 0.0585. The summed E-state index contributed by atoms with van der Waals surface area (Å²) in [7, 11) is 0. The molecule has 29 heavy (non-hydrogen) atoms. The first kappa shape index (κ1) is 18.7. The number of aryl methyl sites for hydroxylation is 3. The summed E-state index contributed by atoms with van der Waals surface area (Å²) in [5, 5.41) is 12.0. The van der Waals surface area contributed by atoms with Crippen LogP contribution in [0.15, 0.2) is 60.7 Å². The van der Waals surface area contributed by atoms with Crippen LogP contribution in [0.5, 0.6) is 5.75 Å². The van der Waals surface area contributed by atoms with Crippen LogP contribution in [-0.4, -0.2) is 27.5 Å². The second-order valence-corrected chi connectivity index (χ2v) is 7.13. The van der Waals surface area contributed by atoms with E-state index in [-0.39, 0.29) is 12.5 Å². The van der Waals surface area contributed by atoms with Crippen molar-refractivity contribution >= 4 is 22.6 Å². The molecule has 0 saturated heterocycles. The van der Waals surface area contributed by atoms with Crippen molar-refractivity contribution in [2.24, 2.45) is 0 Å². The van der Waals surface area contributed by atoms with Gasteiger partial charge in [-0.1, -0.05) is 29.8 Å². The molecule has 0 spiro atoms. The lowest BCUT2D eigenvalue weighted by molar-refractivity contribution is -0.118. The standard InChI is InChI=1S/C23H22N4O2/c1-15-7-9-18(10-8-15)27-25-21-12-17(3)20(13-22(21)26-27)24-23(28)14-29-19-6-4-5-16(2)11-19/h4-13H,14H2,1-3H3,(H,24,28). The van der Waals surface area contributed by atoms with Gasteiger partial charge < -0.3 is 10.1 Å². The van der Waals surface area contributed by atoms with Crippen molar-refractivity contribution in [2.45, 2.75) is 20.8 Å². The number of nitrogens with one attached hydrogen (secondary N) is 1. The second-order valence-electron chi connectivity index (χ2n) is 7.13. The lowest BCUT2D eigenvalue weighted by Crippen LogP contribution is -2.20. The molecule has 0 bridgehead atoms. The van der Waals surface area contributed by atoms with Gasteiger partial charge in [0.05, 0.1) is 5.69 Å². The Bertz CT molecular complexity index is 1180. The summed E-state index contributed by atoms with van der Waals surface area (Å²) < 4.78 is 5.58. The smallest absolute Gasteiger partial charge is 0.262 e. The summed E-state index contributed by atoms with van der Waals surface area (Å²) >= 11 is 0. The molecular formula is C23H22N4O2. The van der Waals surface area contributed by atoms with Crippen LogP contribution in [0.2, 0.25) is 0 Å². The summed E-state index contributed by atoms with van der Waals surface area (Å²) in [6, 6.07) is 19.4. The number of fused-ring (bicyclic) bond motifs is 1. The molecule has 0 unspecified atom stereocenters. The Morgan fingerprint density at radius 2 is 1.66 bits per heavy atom. The molecule has 0 aliphatic carbocycles. The highest BCUT2D eigenvalue weighted by atomic mass is 16.5. The zero-order valence-electron chi connectivity index (χ0n) is 16.6. The molecule has 4 rings (SSSR count). The molecule has 3 aromatic carbocycles. The molecule has 0 atom stereocenters. The fraction of sp³-hybridized carbons (Fsp3) is 0.174. The molecule has 6 heteroatoms. The summed E-state index contributed by atoms with van der Waals surface area (Å²) in [5.41, 5.74) is 6.26. The number of ether oxygens (including phenoxy) is 1. The fourth-order valence-corrected chi connectivity index (χ4v) is 3.04. The van der Waals surface area contributed by atoms with Crippen molar-refractivity contribution in [1.82, 2.24) is 15.0 Å². The Hall–Kier alpha value is -3.67. The molecular weight excluding hydrogens is 364 g/mol. The van der Waals surface area contributed by atoms with E-state index >= 15 is 0 Å². The van der Waals surface area contributed by atoms with E-state index < -0.39 is 0 Å². The van der Waals surface area contributed by atoms with Crippen LogP contribution in [0.1, 0.15) is 16.7 Å². The predicted molar refractivity (Wildman–Crippen MR) is 114 cm³/mol. The molecule has 0 radical (unpaired) electrons. The molecule has 1 amide bonds. The number of carbonyl (C=O) groups is 1. The molecule has 146 valence electrons. The highest BCUT2D eigenvalue weighted by molar-refractivity contribution is 5.95. The van der Waals surface area contributed by atoms with E-state index in [9.17, 15) is 4.79 Å². The number of hydrogen-bond donors (Lipinski definition) is 1. The quantitative estimate of drug-likeness (QED) is 0.553. The Kier molecular flexibility index (Phi) is 4.99. The minimum atomic E-state index is -0.222. The monoisotopic (exact) mass is 386 g/mol.